The number of aromatic nitrogens is 5. The molecule has 0 aliphatic rings. The summed E-state index contributed by atoms with van der Waals surface area (Å²) in [7, 11) is 1.55. The van der Waals surface area contributed by atoms with E-state index in [1.807, 2.05) is 0 Å². The van der Waals surface area contributed by atoms with Crippen LogP contribution in [0.1, 0.15) is 6.42 Å². The van der Waals surface area contributed by atoms with Crippen molar-refractivity contribution in [3.63, 3.8) is 0 Å². The molecule has 0 aliphatic heterocycles. The number of alkyl halides is 3. The number of nitrogens with zero attached hydrogens (tertiary/aromatic N) is 4. The van der Waals surface area contributed by atoms with Crippen LogP contribution < -0.4 is 20.5 Å². The molecule has 0 saturated heterocycles. The Morgan fingerprint density at radius 2 is 1.94 bits per heavy atom. The molecule has 0 amide bonds. The standard InChI is InChI=1S/C23H24F3N7O3/c1-3-4-5-16(10-11-23(24,25)26)28-21-31-20(32-33-21)15-6-8-17(9-7-15)36-19-14-18(27)29-22(30-19)35-13-12-34-2/h3-10,14H,1,11-13H2,2H3,(H2,27,29,30)(H2,28,31,32,33)/b5-4-,16-10+. The Labute approximate surface area is 204 Å². The first-order valence-corrected chi connectivity index (χ1v) is 10.6. The smallest absolute Gasteiger partial charge is 0.392 e. The van der Waals surface area contributed by atoms with Crippen LogP contribution in [0.3, 0.4) is 0 Å². The highest BCUT2D eigenvalue weighted by Gasteiger charge is 2.25. The highest BCUT2D eigenvalue weighted by atomic mass is 19.4. The van der Waals surface area contributed by atoms with Crippen molar-refractivity contribution in [3.05, 3.63) is 66.9 Å². The molecule has 0 unspecified atom stereocenters. The van der Waals surface area contributed by atoms with Crippen LogP contribution in [-0.2, 0) is 4.74 Å². The van der Waals surface area contributed by atoms with E-state index in [-0.39, 0.29) is 36.0 Å². The number of anilines is 2. The van der Waals surface area contributed by atoms with E-state index in [0.717, 1.165) is 6.08 Å². The van der Waals surface area contributed by atoms with E-state index in [1.165, 1.54) is 24.3 Å². The minimum Gasteiger partial charge on any atom is -0.461 e. The second-order valence-corrected chi connectivity index (χ2v) is 7.10. The molecule has 0 fully saturated rings. The number of rotatable bonds is 12. The van der Waals surface area contributed by atoms with Crippen molar-refractivity contribution >= 4 is 11.8 Å². The Morgan fingerprint density at radius 1 is 1.17 bits per heavy atom. The molecule has 0 bridgehead atoms. The quantitative estimate of drug-likeness (QED) is 0.238. The number of H-pyrrole nitrogens is 1. The van der Waals surface area contributed by atoms with Gasteiger partial charge in [0, 0.05) is 24.4 Å². The van der Waals surface area contributed by atoms with Crippen molar-refractivity contribution < 1.29 is 27.4 Å². The Balaban J connectivity index is 1.68. The Morgan fingerprint density at radius 3 is 2.64 bits per heavy atom. The van der Waals surface area contributed by atoms with Crippen LogP contribution in [0.5, 0.6) is 17.6 Å². The summed E-state index contributed by atoms with van der Waals surface area (Å²) in [5.41, 5.74) is 6.64. The predicted molar refractivity (Wildman–Crippen MR) is 127 cm³/mol. The summed E-state index contributed by atoms with van der Waals surface area (Å²) in [5.74, 6) is 1.40. The number of nitrogens with one attached hydrogen (secondary N) is 2. The molecule has 3 aromatic rings. The topological polar surface area (TPSA) is 133 Å². The second-order valence-electron chi connectivity index (χ2n) is 7.10. The zero-order chi connectivity index (χ0) is 26.0. The van der Waals surface area contributed by atoms with Crippen molar-refractivity contribution in [2.45, 2.75) is 12.6 Å². The highest BCUT2D eigenvalue weighted by Crippen LogP contribution is 2.26. The van der Waals surface area contributed by atoms with Gasteiger partial charge in [0.2, 0.25) is 11.8 Å². The van der Waals surface area contributed by atoms with E-state index in [4.69, 9.17) is 19.9 Å². The Kier molecular flexibility index (Phi) is 9.00. The normalized spacial score (nSPS) is 12.1. The van der Waals surface area contributed by atoms with Gasteiger partial charge in [0.1, 0.15) is 18.2 Å². The maximum absolute atomic E-state index is 12.6. The number of halogens is 3. The fraction of sp³-hybridized carbons (Fsp3) is 0.217. The number of methoxy groups -OCH3 is 1. The molecule has 3 rings (SSSR count). The molecule has 13 heteroatoms. The van der Waals surface area contributed by atoms with Gasteiger partial charge < -0.3 is 30.2 Å². The van der Waals surface area contributed by atoms with E-state index in [0.29, 0.717) is 23.7 Å². The van der Waals surface area contributed by atoms with Gasteiger partial charge in [-0.15, -0.1) is 10.2 Å². The van der Waals surface area contributed by atoms with Gasteiger partial charge in [0.05, 0.1) is 13.0 Å². The lowest BCUT2D eigenvalue weighted by Gasteiger charge is -2.08. The van der Waals surface area contributed by atoms with Crippen LogP contribution in [0.4, 0.5) is 24.9 Å². The largest absolute Gasteiger partial charge is 0.461 e. The van der Waals surface area contributed by atoms with Crippen molar-refractivity contribution in [1.82, 2.24) is 25.1 Å². The average molecular weight is 503 g/mol. The first-order chi connectivity index (χ1) is 17.3. The summed E-state index contributed by atoms with van der Waals surface area (Å²) >= 11 is 0. The summed E-state index contributed by atoms with van der Waals surface area (Å²) in [4.78, 5) is 11.0. The van der Waals surface area contributed by atoms with Gasteiger partial charge in [-0.2, -0.15) is 23.1 Å². The Bertz CT molecular complexity index is 1210. The Hall–Kier alpha value is -4.39. The van der Waals surface area contributed by atoms with Crippen LogP contribution in [-0.4, -0.2) is 51.6 Å². The van der Waals surface area contributed by atoms with E-state index in [1.54, 1.807) is 31.4 Å². The van der Waals surface area contributed by atoms with Gasteiger partial charge in [0.25, 0.3) is 0 Å². The van der Waals surface area contributed by atoms with Crippen molar-refractivity contribution in [2.24, 2.45) is 0 Å². The summed E-state index contributed by atoms with van der Waals surface area (Å²) in [6, 6.07) is 8.31. The van der Waals surface area contributed by atoms with E-state index in [9.17, 15) is 13.2 Å². The number of hydrogen-bond acceptors (Lipinski definition) is 9. The number of hydrogen-bond donors (Lipinski definition) is 3. The maximum atomic E-state index is 12.6. The molecule has 190 valence electrons. The molecule has 2 aromatic heterocycles. The van der Waals surface area contributed by atoms with Gasteiger partial charge in [-0.25, -0.2) is 0 Å². The van der Waals surface area contributed by atoms with Crippen molar-refractivity contribution in [1.29, 1.82) is 0 Å². The van der Waals surface area contributed by atoms with Crippen molar-refractivity contribution in [3.8, 4) is 29.0 Å². The molecule has 0 aliphatic carbocycles. The third-order valence-corrected chi connectivity index (χ3v) is 4.29. The molecular formula is C23H24F3N7O3. The fourth-order valence-corrected chi connectivity index (χ4v) is 2.70. The van der Waals surface area contributed by atoms with Crippen LogP contribution >= 0.6 is 0 Å². The minimum absolute atomic E-state index is 0.0620. The number of benzene rings is 1. The van der Waals surface area contributed by atoms with Crippen LogP contribution in [0.15, 0.2) is 66.9 Å². The summed E-state index contributed by atoms with van der Waals surface area (Å²) < 4.78 is 53.8. The zero-order valence-electron chi connectivity index (χ0n) is 19.2. The molecule has 0 atom stereocenters. The third kappa shape index (κ3) is 8.43. The lowest BCUT2D eigenvalue weighted by atomic mass is 10.2. The summed E-state index contributed by atoms with van der Waals surface area (Å²) in [6.45, 7) is 4.14. The number of allylic oxidation sites excluding steroid dienone is 4. The highest BCUT2D eigenvalue weighted by molar-refractivity contribution is 5.58. The summed E-state index contributed by atoms with van der Waals surface area (Å²) in [6.07, 6.45) is -0.0302. The van der Waals surface area contributed by atoms with Crippen molar-refractivity contribution in [2.75, 3.05) is 31.4 Å². The molecule has 0 saturated carbocycles. The molecule has 4 N–H and O–H groups in total. The number of nitrogens with two attached hydrogens (primary N) is 1. The molecule has 36 heavy (non-hydrogen) atoms. The van der Waals surface area contributed by atoms with Crippen LogP contribution in [0, 0.1) is 0 Å². The van der Waals surface area contributed by atoms with Gasteiger partial charge in [-0.3, -0.25) is 0 Å². The van der Waals surface area contributed by atoms with Gasteiger partial charge in [-0.1, -0.05) is 24.8 Å². The SMILES string of the molecule is C=C/C=C\C(=C/CC(F)(F)F)Nc1nnc(-c2ccc(Oc3cc(N)nc(OCCOC)n3)cc2)[nH]1. The minimum atomic E-state index is -4.33. The maximum Gasteiger partial charge on any atom is 0.392 e. The van der Waals surface area contributed by atoms with E-state index < -0.39 is 12.6 Å². The molecule has 10 nitrogen and oxygen atoms in total. The zero-order valence-corrected chi connectivity index (χ0v) is 19.2. The van der Waals surface area contributed by atoms with Gasteiger partial charge in [-0.05, 0) is 30.3 Å². The number of ether oxygens (including phenoxy) is 3. The predicted octanol–water partition coefficient (Wildman–Crippen LogP) is 4.65. The fourth-order valence-electron chi connectivity index (χ4n) is 2.70. The first-order valence-electron chi connectivity index (χ1n) is 10.6. The van der Waals surface area contributed by atoms with E-state index in [2.05, 4.69) is 37.0 Å². The third-order valence-electron chi connectivity index (χ3n) is 4.29. The molecule has 0 spiro atoms. The second kappa shape index (κ2) is 12.4. The lowest BCUT2D eigenvalue weighted by molar-refractivity contribution is -0.125. The van der Waals surface area contributed by atoms with E-state index >= 15 is 0 Å². The molecule has 1 aromatic carbocycles. The average Bonchev–Trinajstić information content (AvgIpc) is 3.29. The monoisotopic (exact) mass is 503 g/mol. The van der Waals surface area contributed by atoms with Gasteiger partial charge >= 0.3 is 12.2 Å². The summed E-state index contributed by atoms with van der Waals surface area (Å²) in [5, 5.41) is 10.8. The molecule has 0 radical (unpaired) electrons. The number of aromatic amines is 1. The molecular weight excluding hydrogens is 479 g/mol. The lowest BCUT2D eigenvalue weighted by Crippen LogP contribution is -2.08. The van der Waals surface area contributed by atoms with Crippen LogP contribution in [0.2, 0.25) is 0 Å². The van der Waals surface area contributed by atoms with Gasteiger partial charge in [0.15, 0.2) is 5.82 Å². The first kappa shape index (κ1) is 26.2. The molecule has 2 heterocycles. The van der Waals surface area contributed by atoms with Crippen LogP contribution in [0.25, 0.3) is 11.4 Å². The number of nitrogen functional groups attached to an aromatic ring is 1.